The Hall–Kier alpha value is -2.34. The lowest BCUT2D eigenvalue weighted by atomic mass is 10.2. The van der Waals surface area contributed by atoms with E-state index in [9.17, 15) is 4.79 Å². The second kappa shape index (κ2) is 7.27. The number of aryl methyl sites for hydroxylation is 2. The van der Waals surface area contributed by atoms with Crippen LogP contribution in [0.3, 0.4) is 0 Å². The molecular formula is C19H20BrN3O2. The molecule has 1 amide bonds. The van der Waals surface area contributed by atoms with Gasteiger partial charge in [-0.1, -0.05) is 19.1 Å². The summed E-state index contributed by atoms with van der Waals surface area (Å²) in [6.45, 7) is 6.47. The number of rotatable bonds is 5. The molecule has 130 valence electrons. The van der Waals surface area contributed by atoms with Crippen LogP contribution in [0.1, 0.15) is 35.1 Å². The summed E-state index contributed by atoms with van der Waals surface area (Å²) < 4.78 is 8.40. The summed E-state index contributed by atoms with van der Waals surface area (Å²) in [4.78, 5) is 17.4. The number of nitrogens with zero attached hydrogens (tertiary/aromatic N) is 2. The third-order valence-electron chi connectivity index (χ3n) is 3.80. The zero-order chi connectivity index (χ0) is 18.0. The highest BCUT2D eigenvalue weighted by atomic mass is 79.9. The van der Waals surface area contributed by atoms with Crippen LogP contribution in [0.15, 0.2) is 41.0 Å². The lowest BCUT2D eigenvalue weighted by molar-refractivity contribution is 0.102. The van der Waals surface area contributed by atoms with E-state index in [1.165, 1.54) is 0 Å². The summed E-state index contributed by atoms with van der Waals surface area (Å²) in [6, 6.07) is 9.43. The smallest absolute Gasteiger partial charge is 0.274 e. The van der Waals surface area contributed by atoms with Crippen LogP contribution in [0, 0.1) is 13.8 Å². The molecule has 1 N–H and O–H groups in total. The van der Waals surface area contributed by atoms with Crippen molar-refractivity contribution in [2.24, 2.45) is 0 Å². The van der Waals surface area contributed by atoms with Gasteiger partial charge < -0.3 is 10.1 Å². The van der Waals surface area contributed by atoms with Gasteiger partial charge >= 0.3 is 0 Å². The first-order valence-corrected chi connectivity index (χ1v) is 8.98. The molecule has 0 atom stereocenters. The molecule has 25 heavy (non-hydrogen) atoms. The zero-order valence-electron chi connectivity index (χ0n) is 14.5. The molecule has 0 bridgehead atoms. The van der Waals surface area contributed by atoms with Crippen molar-refractivity contribution >= 4 is 33.2 Å². The molecule has 5 nitrogen and oxygen atoms in total. The molecular weight excluding hydrogens is 382 g/mol. The monoisotopic (exact) mass is 401 g/mol. The maximum absolute atomic E-state index is 12.9. The molecule has 0 aliphatic rings. The minimum absolute atomic E-state index is 0.213. The Morgan fingerprint density at radius 1 is 1.32 bits per heavy atom. The number of carbonyl (C=O) groups is 1. The number of hydrogen-bond donors (Lipinski definition) is 1. The molecule has 0 aliphatic carbocycles. The van der Waals surface area contributed by atoms with Crippen molar-refractivity contribution in [3.05, 3.63) is 58.0 Å². The summed E-state index contributed by atoms with van der Waals surface area (Å²) in [5.41, 5.74) is 3.61. The molecule has 0 spiro atoms. The number of fused-ring (bicyclic) bond motifs is 1. The highest BCUT2D eigenvalue weighted by Crippen LogP contribution is 2.26. The second-order valence-corrected chi connectivity index (χ2v) is 6.76. The van der Waals surface area contributed by atoms with Crippen LogP contribution in [-0.4, -0.2) is 21.9 Å². The van der Waals surface area contributed by atoms with Gasteiger partial charge in [0.1, 0.15) is 11.4 Å². The summed E-state index contributed by atoms with van der Waals surface area (Å²) in [5.74, 6) is 0.455. The Labute approximate surface area is 155 Å². The number of benzene rings is 1. The number of pyridine rings is 1. The molecule has 2 aromatic heterocycles. The Kier molecular flexibility index (Phi) is 5.08. The molecule has 3 rings (SSSR count). The van der Waals surface area contributed by atoms with Crippen LogP contribution in [0.2, 0.25) is 0 Å². The van der Waals surface area contributed by atoms with Crippen LogP contribution in [0.4, 0.5) is 5.69 Å². The van der Waals surface area contributed by atoms with E-state index in [4.69, 9.17) is 4.74 Å². The normalized spacial score (nSPS) is 10.9. The van der Waals surface area contributed by atoms with E-state index in [0.717, 1.165) is 22.1 Å². The van der Waals surface area contributed by atoms with Crippen molar-refractivity contribution < 1.29 is 9.53 Å². The van der Waals surface area contributed by atoms with Gasteiger partial charge in [-0.3, -0.25) is 9.20 Å². The number of hydrogen-bond acceptors (Lipinski definition) is 3. The lowest BCUT2D eigenvalue weighted by Crippen LogP contribution is -2.16. The van der Waals surface area contributed by atoms with Crippen molar-refractivity contribution in [2.75, 3.05) is 11.9 Å². The number of carbonyl (C=O) groups excluding carboxylic acids is 1. The molecule has 6 heteroatoms. The fourth-order valence-electron chi connectivity index (χ4n) is 2.71. The van der Waals surface area contributed by atoms with Gasteiger partial charge in [0, 0.05) is 6.20 Å². The molecule has 0 aliphatic heterocycles. The van der Waals surface area contributed by atoms with Crippen LogP contribution in [0.5, 0.6) is 5.75 Å². The molecule has 2 heterocycles. The van der Waals surface area contributed by atoms with Crippen molar-refractivity contribution in [1.29, 1.82) is 0 Å². The first-order valence-electron chi connectivity index (χ1n) is 8.19. The number of amides is 1. The van der Waals surface area contributed by atoms with Gasteiger partial charge in [-0.25, -0.2) is 4.98 Å². The first-order chi connectivity index (χ1) is 12.0. The number of ether oxygens (including phenoxy) is 1. The predicted octanol–water partition coefficient (Wildman–Crippen LogP) is 4.75. The number of aromatic nitrogens is 2. The van der Waals surface area contributed by atoms with E-state index in [2.05, 4.69) is 26.2 Å². The summed E-state index contributed by atoms with van der Waals surface area (Å²) >= 11 is 3.52. The SMILES string of the molecule is CCCOc1ccccc1NC(=O)c1c(C)nc2c(Br)cc(C)cn12. The van der Waals surface area contributed by atoms with Crippen molar-refractivity contribution in [3.63, 3.8) is 0 Å². The van der Waals surface area contributed by atoms with Gasteiger partial charge in [0.15, 0.2) is 5.65 Å². The van der Waals surface area contributed by atoms with Gasteiger partial charge in [-0.05, 0) is 60.0 Å². The molecule has 0 saturated heterocycles. The Balaban J connectivity index is 1.98. The first kappa shape index (κ1) is 17.5. The number of anilines is 1. The van der Waals surface area contributed by atoms with Crippen LogP contribution < -0.4 is 10.1 Å². The number of nitrogens with one attached hydrogen (secondary N) is 1. The fraction of sp³-hybridized carbons (Fsp3) is 0.263. The predicted molar refractivity (Wildman–Crippen MR) is 103 cm³/mol. The van der Waals surface area contributed by atoms with Crippen molar-refractivity contribution in [2.45, 2.75) is 27.2 Å². The van der Waals surface area contributed by atoms with E-state index in [1.54, 1.807) is 0 Å². The summed E-state index contributed by atoms with van der Waals surface area (Å²) in [7, 11) is 0. The van der Waals surface area contributed by atoms with Gasteiger partial charge in [0.2, 0.25) is 0 Å². The van der Waals surface area contributed by atoms with Crippen molar-refractivity contribution in [3.8, 4) is 5.75 Å². The van der Waals surface area contributed by atoms with E-state index < -0.39 is 0 Å². The van der Waals surface area contributed by atoms with Crippen molar-refractivity contribution in [1.82, 2.24) is 9.38 Å². The van der Waals surface area contributed by atoms with Gasteiger partial charge in [0.25, 0.3) is 5.91 Å². The van der Waals surface area contributed by atoms with E-state index in [1.807, 2.05) is 61.7 Å². The zero-order valence-corrected chi connectivity index (χ0v) is 16.1. The Morgan fingerprint density at radius 3 is 2.84 bits per heavy atom. The molecule has 0 radical (unpaired) electrons. The molecule has 3 aromatic rings. The van der Waals surface area contributed by atoms with E-state index in [-0.39, 0.29) is 5.91 Å². The lowest BCUT2D eigenvalue weighted by Gasteiger charge is -2.12. The standard InChI is InChI=1S/C19H20BrN3O2/c1-4-9-25-16-8-6-5-7-15(16)22-19(24)17-13(3)21-18-14(20)10-12(2)11-23(17)18/h5-8,10-11H,4,9H2,1-3H3,(H,22,24). The average Bonchev–Trinajstić information content (AvgIpc) is 2.90. The summed E-state index contributed by atoms with van der Waals surface area (Å²) in [5, 5.41) is 2.95. The molecule has 0 fully saturated rings. The number of para-hydroxylation sites is 2. The quantitative estimate of drug-likeness (QED) is 0.670. The van der Waals surface area contributed by atoms with E-state index >= 15 is 0 Å². The third-order valence-corrected chi connectivity index (χ3v) is 4.38. The average molecular weight is 402 g/mol. The number of halogens is 1. The van der Waals surface area contributed by atoms with Crippen LogP contribution >= 0.6 is 15.9 Å². The fourth-order valence-corrected chi connectivity index (χ4v) is 3.35. The maximum Gasteiger partial charge on any atom is 0.274 e. The largest absolute Gasteiger partial charge is 0.491 e. The van der Waals surface area contributed by atoms with Gasteiger partial charge in [-0.2, -0.15) is 0 Å². The summed E-state index contributed by atoms with van der Waals surface area (Å²) in [6.07, 6.45) is 2.82. The third kappa shape index (κ3) is 3.54. The molecule has 0 unspecified atom stereocenters. The van der Waals surface area contributed by atoms with E-state index in [0.29, 0.717) is 29.4 Å². The minimum Gasteiger partial charge on any atom is -0.491 e. The second-order valence-electron chi connectivity index (χ2n) is 5.90. The van der Waals surface area contributed by atoms with Crippen LogP contribution in [-0.2, 0) is 0 Å². The minimum atomic E-state index is -0.213. The van der Waals surface area contributed by atoms with Gasteiger partial charge in [-0.15, -0.1) is 0 Å². The van der Waals surface area contributed by atoms with Gasteiger partial charge in [0.05, 0.1) is 22.5 Å². The number of imidazole rings is 1. The maximum atomic E-state index is 12.9. The molecule has 0 saturated carbocycles. The highest BCUT2D eigenvalue weighted by Gasteiger charge is 2.19. The van der Waals surface area contributed by atoms with Crippen LogP contribution in [0.25, 0.3) is 5.65 Å². The Bertz CT molecular complexity index is 934. The topological polar surface area (TPSA) is 55.6 Å². The Morgan fingerprint density at radius 2 is 2.08 bits per heavy atom. The molecule has 1 aromatic carbocycles. The highest BCUT2D eigenvalue weighted by molar-refractivity contribution is 9.10.